The first kappa shape index (κ1) is 16.2. The van der Waals surface area contributed by atoms with Crippen LogP contribution >= 0.6 is 0 Å². The Morgan fingerprint density at radius 3 is 2.90 bits per heavy atom. The van der Waals surface area contributed by atoms with E-state index >= 15 is 0 Å². The largest absolute Gasteiger partial charge is 0.496 e. The number of hydrogen-bond donors (Lipinski definition) is 1. The number of piperidine rings is 1. The van der Waals surface area contributed by atoms with Gasteiger partial charge in [0.05, 0.1) is 7.11 Å². The molecule has 0 amide bonds. The van der Waals surface area contributed by atoms with Crippen LogP contribution in [-0.2, 0) is 0 Å². The van der Waals surface area contributed by atoms with Crippen LogP contribution in [0.25, 0.3) is 0 Å². The lowest BCUT2D eigenvalue weighted by Crippen LogP contribution is -2.47. The topological polar surface area (TPSA) is 24.5 Å². The van der Waals surface area contributed by atoms with Crippen LogP contribution in [0.5, 0.6) is 5.75 Å². The molecule has 0 aliphatic carbocycles. The lowest BCUT2D eigenvalue weighted by molar-refractivity contribution is 0.117. The maximum atomic E-state index is 14.3. The Morgan fingerprint density at radius 1 is 1.48 bits per heavy atom. The number of ether oxygens (including phenoxy) is 1. The molecule has 0 aromatic heterocycles. The fourth-order valence-corrected chi connectivity index (χ4v) is 3.33. The molecule has 3 nitrogen and oxygen atoms in total. The average molecular weight is 294 g/mol. The molecule has 21 heavy (non-hydrogen) atoms. The molecule has 1 aliphatic rings. The zero-order valence-electron chi connectivity index (χ0n) is 13.4. The molecule has 1 saturated heterocycles. The predicted octanol–water partition coefficient (Wildman–Crippen LogP) is 3.36. The van der Waals surface area contributed by atoms with Gasteiger partial charge < -0.3 is 10.1 Å². The van der Waals surface area contributed by atoms with Gasteiger partial charge >= 0.3 is 0 Å². The van der Waals surface area contributed by atoms with E-state index in [9.17, 15) is 4.39 Å². The van der Waals surface area contributed by atoms with E-state index in [1.54, 1.807) is 13.2 Å². The summed E-state index contributed by atoms with van der Waals surface area (Å²) in [4.78, 5) is 2.42. The first-order valence-corrected chi connectivity index (χ1v) is 7.97. The normalized spacial score (nSPS) is 20.5. The highest BCUT2D eigenvalue weighted by molar-refractivity contribution is 5.37. The van der Waals surface area contributed by atoms with E-state index in [-0.39, 0.29) is 11.9 Å². The summed E-state index contributed by atoms with van der Waals surface area (Å²) >= 11 is 0. The second-order valence-corrected chi connectivity index (χ2v) is 5.77. The zero-order chi connectivity index (χ0) is 15.2. The Morgan fingerprint density at radius 2 is 2.29 bits per heavy atom. The lowest BCUT2D eigenvalue weighted by Gasteiger charge is -2.39. The van der Waals surface area contributed by atoms with E-state index < -0.39 is 0 Å². The van der Waals surface area contributed by atoms with Crippen molar-refractivity contribution in [2.24, 2.45) is 0 Å². The van der Waals surface area contributed by atoms with Crippen LogP contribution in [0.4, 0.5) is 4.39 Å². The highest BCUT2D eigenvalue weighted by Crippen LogP contribution is 2.33. The molecule has 2 unspecified atom stereocenters. The highest BCUT2D eigenvalue weighted by Gasteiger charge is 2.28. The monoisotopic (exact) mass is 294 g/mol. The Kier molecular flexibility index (Phi) is 6.00. The summed E-state index contributed by atoms with van der Waals surface area (Å²) in [7, 11) is 1.61. The Bertz CT molecular complexity index is 446. The number of nitrogens with one attached hydrogen (secondary N) is 1. The molecule has 0 saturated carbocycles. The summed E-state index contributed by atoms with van der Waals surface area (Å²) in [6, 6.07) is 5.57. The molecular formula is C17H27FN2O. The van der Waals surface area contributed by atoms with Gasteiger partial charge in [0, 0.05) is 24.2 Å². The molecule has 1 aromatic carbocycles. The van der Waals surface area contributed by atoms with Crippen molar-refractivity contribution in [1.29, 1.82) is 0 Å². The van der Waals surface area contributed by atoms with Crippen molar-refractivity contribution in [2.45, 2.75) is 45.2 Å². The minimum atomic E-state index is -0.174. The van der Waals surface area contributed by atoms with E-state index in [2.05, 4.69) is 24.1 Å². The molecule has 118 valence electrons. The molecule has 1 aliphatic heterocycles. The van der Waals surface area contributed by atoms with Gasteiger partial charge in [-0.25, -0.2) is 4.39 Å². The van der Waals surface area contributed by atoms with Crippen molar-refractivity contribution in [1.82, 2.24) is 10.2 Å². The summed E-state index contributed by atoms with van der Waals surface area (Å²) in [6.45, 7) is 7.32. The van der Waals surface area contributed by atoms with Crippen molar-refractivity contribution >= 4 is 0 Å². The number of halogens is 1. The molecule has 0 spiro atoms. The molecule has 1 aromatic rings. The first-order chi connectivity index (χ1) is 10.2. The quantitative estimate of drug-likeness (QED) is 0.870. The summed E-state index contributed by atoms with van der Waals surface area (Å²) in [5.74, 6) is 0.471. The smallest absolute Gasteiger partial charge is 0.131 e. The Labute approximate surface area is 127 Å². The van der Waals surface area contributed by atoms with Gasteiger partial charge in [-0.05, 0) is 51.4 Å². The molecule has 1 heterocycles. The van der Waals surface area contributed by atoms with Crippen LogP contribution in [-0.4, -0.2) is 37.7 Å². The van der Waals surface area contributed by atoms with Crippen molar-refractivity contribution < 1.29 is 9.13 Å². The molecule has 2 rings (SSSR count). The van der Waals surface area contributed by atoms with Crippen molar-refractivity contribution in [2.75, 3.05) is 26.7 Å². The fraction of sp³-hybridized carbons (Fsp3) is 0.647. The third kappa shape index (κ3) is 3.74. The number of benzene rings is 1. The van der Waals surface area contributed by atoms with E-state index in [4.69, 9.17) is 4.74 Å². The van der Waals surface area contributed by atoms with Gasteiger partial charge in [-0.2, -0.15) is 0 Å². The van der Waals surface area contributed by atoms with Gasteiger partial charge in [0.15, 0.2) is 0 Å². The third-order valence-electron chi connectivity index (χ3n) is 4.37. The molecule has 0 radical (unpaired) electrons. The number of rotatable bonds is 6. The van der Waals surface area contributed by atoms with Crippen LogP contribution in [0.15, 0.2) is 18.2 Å². The minimum Gasteiger partial charge on any atom is -0.496 e. The SMILES string of the molecule is CCCN(C1CCCNC1)C(C)c1c(F)cccc1OC. The summed E-state index contributed by atoms with van der Waals surface area (Å²) in [5, 5.41) is 3.46. The summed E-state index contributed by atoms with van der Waals surface area (Å²) in [5.41, 5.74) is 0.680. The van der Waals surface area contributed by atoms with Gasteiger partial charge in [0.1, 0.15) is 11.6 Å². The van der Waals surface area contributed by atoms with Gasteiger partial charge in [-0.1, -0.05) is 13.0 Å². The first-order valence-electron chi connectivity index (χ1n) is 7.97. The van der Waals surface area contributed by atoms with E-state index in [1.165, 1.54) is 18.9 Å². The van der Waals surface area contributed by atoms with Crippen LogP contribution in [0.1, 0.15) is 44.7 Å². The summed E-state index contributed by atoms with van der Waals surface area (Å²) < 4.78 is 19.7. The number of methoxy groups -OCH3 is 1. The van der Waals surface area contributed by atoms with E-state index in [1.807, 2.05) is 6.07 Å². The second kappa shape index (κ2) is 7.76. The van der Waals surface area contributed by atoms with E-state index in [0.717, 1.165) is 26.1 Å². The predicted molar refractivity (Wildman–Crippen MR) is 84.3 cm³/mol. The summed E-state index contributed by atoms with van der Waals surface area (Å²) in [6.07, 6.45) is 3.43. The number of hydrogen-bond acceptors (Lipinski definition) is 3. The van der Waals surface area contributed by atoms with Gasteiger partial charge in [0.2, 0.25) is 0 Å². The second-order valence-electron chi connectivity index (χ2n) is 5.77. The Hall–Kier alpha value is -1.13. The van der Waals surface area contributed by atoms with Gasteiger partial charge in [-0.15, -0.1) is 0 Å². The Balaban J connectivity index is 2.27. The highest BCUT2D eigenvalue weighted by atomic mass is 19.1. The van der Waals surface area contributed by atoms with Crippen molar-refractivity contribution in [3.05, 3.63) is 29.6 Å². The zero-order valence-corrected chi connectivity index (χ0v) is 13.4. The van der Waals surface area contributed by atoms with Crippen molar-refractivity contribution in [3.8, 4) is 5.75 Å². The fourth-order valence-electron chi connectivity index (χ4n) is 3.33. The molecule has 2 atom stereocenters. The standard InChI is InChI=1S/C17H27FN2O/c1-4-11-20(14-7-6-10-19-12-14)13(2)17-15(18)8-5-9-16(17)21-3/h5,8-9,13-14,19H,4,6-7,10-12H2,1-3H3. The molecule has 0 bridgehead atoms. The molecule has 4 heteroatoms. The minimum absolute atomic E-state index is 0.0194. The molecule has 1 N–H and O–H groups in total. The molecular weight excluding hydrogens is 267 g/mol. The van der Waals surface area contributed by atoms with Crippen LogP contribution in [0.2, 0.25) is 0 Å². The van der Waals surface area contributed by atoms with Crippen molar-refractivity contribution in [3.63, 3.8) is 0 Å². The maximum Gasteiger partial charge on any atom is 0.131 e. The van der Waals surface area contributed by atoms with Crippen LogP contribution < -0.4 is 10.1 Å². The maximum absolute atomic E-state index is 14.3. The number of nitrogens with zero attached hydrogens (tertiary/aromatic N) is 1. The van der Waals surface area contributed by atoms with Gasteiger partial charge in [-0.3, -0.25) is 4.90 Å². The molecule has 1 fully saturated rings. The third-order valence-corrected chi connectivity index (χ3v) is 4.37. The van der Waals surface area contributed by atoms with Crippen LogP contribution in [0, 0.1) is 5.82 Å². The lowest BCUT2D eigenvalue weighted by atomic mass is 9.99. The van der Waals surface area contributed by atoms with E-state index in [0.29, 0.717) is 17.4 Å². The van der Waals surface area contributed by atoms with Crippen LogP contribution in [0.3, 0.4) is 0 Å². The van der Waals surface area contributed by atoms with Gasteiger partial charge in [0.25, 0.3) is 0 Å². The average Bonchev–Trinajstić information content (AvgIpc) is 2.52.